The van der Waals surface area contributed by atoms with Gasteiger partial charge in [-0.05, 0) is 12.3 Å². The summed E-state index contributed by atoms with van der Waals surface area (Å²) < 4.78 is 0. The Morgan fingerprint density at radius 2 is 1.71 bits per heavy atom. The van der Waals surface area contributed by atoms with Gasteiger partial charge in [0.2, 0.25) is 0 Å². The highest BCUT2D eigenvalue weighted by molar-refractivity contribution is 5.94. The van der Waals surface area contributed by atoms with Crippen molar-refractivity contribution in [3.63, 3.8) is 0 Å². The summed E-state index contributed by atoms with van der Waals surface area (Å²) in [6.07, 6.45) is 0.679. The zero-order valence-corrected chi connectivity index (χ0v) is 7.34. The lowest BCUT2D eigenvalue weighted by Gasteiger charge is -2.23. The van der Waals surface area contributed by atoms with Gasteiger partial charge >= 0.3 is 11.9 Å². The standard InChI is InChI=1S/C9H10O5/c10-5-2-3-1-4(5)7(9(13)14)6(3)8(11)12/h3-4,6-7H,1-2H2,(H,11,12)(H,13,14)/t3-,4+,6?,7+/m1/s1. The molecule has 0 heterocycles. The van der Waals surface area contributed by atoms with Crippen LogP contribution in [0.2, 0.25) is 0 Å². The van der Waals surface area contributed by atoms with Gasteiger partial charge in [0, 0.05) is 12.3 Å². The maximum absolute atomic E-state index is 11.3. The van der Waals surface area contributed by atoms with Crippen LogP contribution in [0.3, 0.4) is 0 Å². The zero-order chi connectivity index (χ0) is 10.5. The second kappa shape index (κ2) is 2.80. The van der Waals surface area contributed by atoms with Gasteiger partial charge < -0.3 is 10.2 Å². The second-order valence-corrected chi connectivity index (χ2v) is 4.00. The van der Waals surface area contributed by atoms with E-state index in [2.05, 4.69) is 0 Å². The minimum atomic E-state index is -1.15. The zero-order valence-electron chi connectivity index (χ0n) is 7.34. The van der Waals surface area contributed by atoms with Crippen molar-refractivity contribution in [2.45, 2.75) is 12.8 Å². The Bertz CT molecular complexity index is 321. The number of rotatable bonds is 2. The molecule has 2 aliphatic carbocycles. The monoisotopic (exact) mass is 198 g/mol. The Hall–Kier alpha value is -1.39. The van der Waals surface area contributed by atoms with Crippen molar-refractivity contribution >= 4 is 17.7 Å². The molecule has 2 aliphatic rings. The van der Waals surface area contributed by atoms with Crippen molar-refractivity contribution in [1.82, 2.24) is 0 Å². The number of carbonyl (C=O) groups excluding carboxylic acids is 1. The molecule has 0 aromatic heterocycles. The summed E-state index contributed by atoms with van der Waals surface area (Å²) in [5.41, 5.74) is 0. The summed E-state index contributed by atoms with van der Waals surface area (Å²) in [5, 5.41) is 17.7. The number of hydrogen-bond acceptors (Lipinski definition) is 3. The Balaban J connectivity index is 2.32. The molecule has 2 fully saturated rings. The quantitative estimate of drug-likeness (QED) is 0.651. The number of carboxylic acids is 2. The highest BCUT2D eigenvalue weighted by atomic mass is 16.4. The van der Waals surface area contributed by atoms with E-state index in [1.54, 1.807) is 0 Å². The maximum Gasteiger partial charge on any atom is 0.308 e. The van der Waals surface area contributed by atoms with Crippen LogP contribution in [0.25, 0.3) is 0 Å². The molecule has 2 rings (SSSR count). The Labute approximate surface area is 79.7 Å². The van der Waals surface area contributed by atoms with E-state index >= 15 is 0 Å². The van der Waals surface area contributed by atoms with E-state index in [0.717, 1.165) is 0 Å². The summed E-state index contributed by atoms with van der Waals surface area (Å²) in [6.45, 7) is 0. The molecule has 0 radical (unpaired) electrons. The highest BCUT2D eigenvalue weighted by Crippen LogP contribution is 2.50. The van der Waals surface area contributed by atoms with Crippen LogP contribution >= 0.6 is 0 Å². The van der Waals surface area contributed by atoms with Crippen LogP contribution in [0.15, 0.2) is 0 Å². The van der Waals surface area contributed by atoms with E-state index < -0.39 is 29.7 Å². The number of hydrogen-bond donors (Lipinski definition) is 2. The number of ketones is 1. The number of aliphatic carboxylic acids is 2. The van der Waals surface area contributed by atoms with Crippen molar-refractivity contribution in [2.75, 3.05) is 0 Å². The Morgan fingerprint density at radius 3 is 2.21 bits per heavy atom. The molecule has 5 nitrogen and oxygen atoms in total. The van der Waals surface area contributed by atoms with Crippen LogP contribution in [0.5, 0.6) is 0 Å². The Morgan fingerprint density at radius 1 is 1.14 bits per heavy atom. The van der Waals surface area contributed by atoms with Crippen LogP contribution in [-0.2, 0) is 14.4 Å². The average molecular weight is 198 g/mol. The van der Waals surface area contributed by atoms with Gasteiger partial charge in [-0.1, -0.05) is 0 Å². The van der Waals surface area contributed by atoms with Gasteiger partial charge in [-0.3, -0.25) is 14.4 Å². The molecule has 76 valence electrons. The number of carbonyl (C=O) groups is 3. The largest absolute Gasteiger partial charge is 0.481 e. The molecule has 1 unspecified atom stereocenters. The minimum Gasteiger partial charge on any atom is -0.481 e. The van der Waals surface area contributed by atoms with Crippen molar-refractivity contribution in [2.24, 2.45) is 23.7 Å². The second-order valence-electron chi connectivity index (χ2n) is 4.00. The molecule has 0 aromatic rings. The maximum atomic E-state index is 11.3. The summed E-state index contributed by atoms with van der Waals surface area (Å²) in [7, 11) is 0. The van der Waals surface area contributed by atoms with E-state index in [4.69, 9.17) is 10.2 Å². The molecule has 4 atom stereocenters. The average Bonchev–Trinajstić information content (AvgIpc) is 2.58. The fourth-order valence-electron chi connectivity index (χ4n) is 2.80. The molecule has 14 heavy (non-hydrogen) atoms. The molecule has 2 bridgehead atoms. The molecule has 0 aliphatic heterocycles. The SMILES string of the molecule is O=C(O)C1[C@H]2CC(=O)[C@H](C2)[C@@H]1C(=O)O. The lowest BCUT2D eigenvalue weighted by molar-refractivity contribution is -0.158. The van der Waals surface area contributed by atoms with E-state index in [1.807, 2.05) is 0 Å². The lowest BCUT2D eigenvalue weighted by atomic mass is 9.79. The molecule has 0 aromatic carbocycles. The lowest BCUT2D eigenvalue weighted by Crippen LogP contribution is -2.38. The van der Waals surface area contributed by atoms with Gasteiger partial charge in [-0.2, -0.15) is 0 Å². The molecule has 5 heteroatoms. The molecular formula is C9H10O5. The van der Waals surface area contributed by atoms with E-state index in [-0.39, 0.29) is 18.1 Å². The topological polar surface area (TPSA) is 91.7 Å². The minimum absolute atomic E-state index is 0.0834. The van der Waals surface area contributed by atoms with Crippen LogP contribution in [0.4, 0.5) is 0 Å². The van der Waals surface area contributed by atoms with Crippen molar-refractivity contribution in [3.05, 3.63) is 0 Å². The number of fused-ring (bicyclic) bond motifs is 2. The van der Waals surface area contributed by atoms with Crippen molar-refractivity contribution in [1.29, 1.82) is 0 Å². The van der Waals surface area contributed by atoms with Gasteiger partial charge in [0.05, 0.1) is 11.8 Å². The number of carboxylic acid groups (broad SMARTS) is 2. The third kappa shape index (κ3) is 1.05. The first-order valence-electron chi connectivity index (χ1n) is 4.50. The van der Waals surface area contributed by atoms with Gasteiger partial charge in [0.25, 0.3) is 0 Å². The first-order chi connectivity index (χ1) is 6.52. The van der Waals surface area contributed by atoms with Gasteiger partial charge in [0.15, 0.2) is 0 Å². The van der Waals surface area contributed by atoms with Crippen LogP contribution in [0.1, 0.15) is 12.8 Å². The van der Waals surface area contributed by atoms with Crippen LogP contribution < -0.4 is 0 Å². The third-order valence-corrected chi connectivity index (χ3v) is 3.33. The fraction of sp³-hybridized carbons (Fsp3) is 0.667. The van der Waals surface area contributed by atoms with Crippen LogP contribution in [0, 0.1) is 23.7 Å². The van der Waals surface area contributed by atoms with Gasteiger partial charge in [0.1, 0.15) is 5.78 Å². The van der Waals surface area contributed by atoms with Crippen LogP contribution in [-0.4, -0.2) is 27.9 Å². The summed E-state index contributed by atoms with van der Waals surface area (Å²) in [6, 6.07) is 0. The fourth-order valence-corrected chi connectivity index (χ4v) is 2.80. The first kappa shape index (κ1) is 9.18. The predicted octanol–water partition coefficient (Wildman–Crippen LogP) is -0.00310. The highest BCUT2D eigenvalue weighted by Gasteiger charge is 2.58. The normalized spacial score (nSPS) is 40.1. The van der Waals surface area contributed by atoms with Gasteiger partial charge in [-0.15, -0.1) is 0 Å². The molecule has 0 amide bonds. The predicted molar refractivity (Wildman–Crippen MR) is 43.5 cm³/mol. The van der Waals surface area contributed by atoms with Crippen molar-refractivity contribution < 1.29 is 24.6 Å². The van der Waals surface area contributed by atoms with Crippen molar-refractivity contribution in [3.8, 4) is 0 Å². The molecule has 2 saturated carbocycles. The van der Waals surface area contributed by atoms with Gasteiger partial charge in [-0.25, -0.2) is 0 Å². The molecule has 0 saturated heterocycles. The third-order valence-electron chi connectivity index (χ3n) is 3.33. The van der Waals surface area contributed by atoms with E-state index in [1.165, 1.54) is 0 Å². The molecular weight excluding hydrogens is 188 g/mol. The number of Topliss-reactive ketones (excluding diaryl/α,β-unsaturated/α-hetero) is 1. The smallest absolute Gasteiger partial charge is 0.308 e. The van der Waals surface area contributed by atoms with E-state index in [0.29, 0.717) is 6.42 Å². The Kier molecular flexibility index (Phi) is 1.83. The first-order valence-corrected chi connectivity index (χ1v) is 4.50. The molecule has 2 N–H and O–H groups in total. The van der Waals surface area contributed by atoms with E-state index in [9.17, 15) is 14.4 Å². The summed E-state index contributed by atoms with van der Waals surface area (Å²) >= 11 is 0. The molecule has 0 spiro atoms. The summed E-state index contributed by atoms with van der Waals surface area (Å²) in [4.78, 5) is 32.9. The summed E-state index contributed by atoms with van der Waals surface area (Å²) in [5.74, 6) is -5.01.